The standard InChI is InChI=1S/C15H17NO4/c1-18-12-7-10-11(8-13(12)19-2)16-14(20-15(10)17)9-5-3-4-6-9/h7-9H,3-6H2,1-2H3. The van der Waals surface area contributed by atoms with E-state index >= 15 is 0 Å². The fraction of sp³-hybridized carbons (Fsp3) is 0.467. The van der Waals surface area contributed by atoms with Gasteiger partial charge in [-0.05, 0) is 12.8 Å². The quantitative estimate of drug-likeness (QED) is 0.862. The molecule has 1 aromatic heterocycles. The Balaban J connectivity index is 2.17. The minimum atomic E-state index is -0.363. The lowest BCUT2D eigenvalue weighted by Gasteiger charge is -2.10. The molecule has 1 fully saturated rings. The van der Waals surface area contributed by atoms with Gasteiger partial charge in [-0.3, -0.25) is 0 Å². The molecule has 1 heterocycles. The molecule has 1 aliphatic rings. The minimum Gasteiger partial charge on any atom is -0.493 e. The van der Waals surface area contributed by atoms with Crippen LogP contribution in [-0.4, -0.2) is 19.2 Å². The Morgan fingerprint density at radius 1 is 1.15 bits per heavy atom. The van der Waals surface area contributed by atoms with Gasteiger partial charge in [-0.15, -0.1) is 0 Å². The smallest absolute Gasteiger partial charge is 0.346 e. The van der Waals surface area contributed by atoms with Gasteiger partial charge < -0.3 is 13.9 Å². The summed E-state index contributed by atoms with van der Waals surface area (Å²) >= 11 is 0. The van der Waals surface area contributed by atoms with Crippen LogP contribution < -0.4 is 15.1 Å². The van der Waals surface area contributed by atoms with E-state index in [1.54, 1.807) is 19.2 Å². The predicted molar refractivity (Wildman–Crippen MR) is 74.6 cm³/mol. The largest absolute Gasteiger partial charge is 0.493 e. The van der Waals surface area contributed by atoms with Crippen molar-refractivity contribution in [1.82, 2.24) is 4.98 Å². The first-order valence-corrected chi connectivity index (χ1v) is 6.79. The van der Waals surface area contributed by atoms with Crippen LogP contribution in [0.1, 0.15) is 37.5 Å². The van der Waals surface area contributed by atoms with Gasteiger partial charge >= 0.3 is 5.63 Å². The SMILES string of the molecule is COc1cc2nc(C3CCCC3)oc(=O)c2cc1OC. The number of hydrogen-bond donors (Lipinski definition) is 0. The molecular formula is C15H17NO4. The predicted octanol–water partition coefficient (Wildman–Crippen LogP) is 2.86. The second-order valence-corrected chi connectivity index (χ2v) is 5.05. The molecule has 0 N–H and O–H groups in total. The first kappa shape index (κ1) is 13.0. The molecule has 0 spiro atoms. The lowest BCUT2D eigenvalue weighted by Crippen LogP contribution is -2.08. The summed E-state index contributed by atoms with van der Waals surface area (Å²) in [5, 5.41) is 0.421. The van der Waals surface area contributed by atoms with Gasteiger partial charge in [0.1, 0.15) is 0 Å². The van der Waals surface area contributed by atoms with E-state index in [1.165, 1.54) is 20.0 Å². The molecule has 0 radical (unpaired) electrons. The zero-order valence-corrected chi connectivity index (χ0v) is 11.6. The molecule has 0 bridgehead atoms. The van der Waals surface area contributed by atoms with Gasteiger partial charge in [0, 0.05) is 18.1 Å². The van der Waals surface area contributed by atoms with E-state index in [1.807, 2.05) is 0 Å². The van der Waals surface area contributed by atoms with Gasteiger partial charge in [-0.1, -0.05) is 12.8 Å². The molecule has 0 aliphatic heterocycles. The topological polar surface area (TPSA) is 61.6 Å². The van der Waals surface area contributed by atoms with Crippen LogP contribution in [0.2, 0.25) is 0 Å². The number of aromatic nitrogens is 1. The number of methoxy groups -OCH3 is 2. The van der Waals surface area contributed by atoms with Crippen molar-refractivity contribution in [1.29, 1.82) is 0 Å². The average Bonchev–Trinajstić information content (AvgIpc) is 3.00. The monoisotopic (exact) mass is 275 g/mol. The Bertz CT molecular complexity index is 686. The van der Waals surface area contributed by atoms with Gasteiger partial charge in [0.05, 0.1) is 25.1 Å². The molecule has 0 atom stereocenters. The summed E-state index contributed by atoms with van der Waals surface area (Å²) in [6.45, 7) is 0. The molecule has 1 aliphatic carbocycles. The highest BCUT2D eigenvalue weighted by molar-refractivity contribution is 5.81. The molecular weight excluding hydrogens is 258 g/mol. The Morgan fingerprint density at radius 3 is 2.45 bits per heavy atom. The number of benzene rings is 1. The average molecular weight is 275 g/mol. The molecule has 0 amide bonds. The van der Waals surface area contributed by atoms with Crippen molar-refractivity contribution in [3.05, 3.63) is 28.4 Å². The van der Waals surface area contributed by atoms with Crippen LogP contribution in [0.25, 0.3) is 10.9 Å². The van der Waals surface area contributed by atoms with Crippen molar-refractivity contribution in [2.24, 2.45) is 0 Å². The highest BCUT2D eigenvalue weighted by Crippen LogP contribution is 2.34. The Hall–Kier alpha value is -2.04. The van der Waals surface area contributed by atoms with E-state index in [0.29, 0.717) is 28.3 Å². The molecule has 5 heteroatoms. The van der Waals surface area contributed by atoms with Crippen LogP contribution in [0.3, 0.4) is 0 Å². The van der Waals surface area contributed by atoms with E-state index < -0.39 is 0 Å². The molecule has 5 nitrogen and oxygen atoms in total. The van der Waals surface area contributed by atoms with Crippen molar-refractivity contribution in [3.8, 4) is 11.5 Å². The van der Waals surface area contributed by atoms with Crippen LogP contribution in [0.4, 0.5) is 0 Å². The van der Waals surface area contributed by atoms with Gasteiger partial charge in [-0.2, -0.15) is 0 Å². The lowest BCUT2D eigenvalue weighted by atomic mass is 10.1. The van der Waals surface area contributed by atoms with Crippen LogP contribution in [0.15, 0.2) is 21.3 Å². The van der Waals surface area contributed by atoms with E-state index in [4.69, 9.17) is 13.9 Å². The molecule has 0 unspecified atom stereocenters. The summed E-state index contributed by atoms with van der Waals surface area (Å²) in [6.07, 6.45) is 4.41. The molecule has 20 heavy (non-hydrogen) atoms. The molecule has 1 aromatic carbocycles. The van der Waals surface area contributed by atoms with Crippen molar-refractivity contribution in [2.45, 2.75) is 31.6 Å². The number of hydrogen-bond acceptors (Lipinski definition) is 5. The zero-order valence-electron chi connectivity index (χ0n) is 11.6. The maximum absolute atomic E-state index is 12.1. The van der Waals surface area contributed by atoms with Gasteiger partial charge in [0.25, 0.3) is 0 Å². The Morgan fingerprint density at radius 2 is 1.80 bits per heavy atom. The summed E-state index contributed by atoms with van der Waals surface area (Å²) in [5.74, 6) is 1.88. The highest BCUT2D eigenvalue weighted by Gasteiger charge is 2.22. The molecule has 2 aromatic rings. The second kappa shape index (κ2) is 5.15. The van der Waals surface area contributed by atoms with Crippen molar-refractivity contribution < 1.29 is 13.9 Å². The van der Waals surface area contributed by atoms with Gasteiger partial charge in [0.15, 0.2) is 11.5 Å². The number of nitrogens with zero attached hydrogens (tertiary/aromatic N) is 1. The third kappa shape index (κ3) is 2.13. The molecule has 1 saturated carbocycles. The third-order valence-corrected chi connectivity index (χ3v) is 3.85. The first-order valence-electron chi connectivity index (χ1n) is 6.79. The normalized spacial score (nSPS) is 15.7. The number of ether oxygens (including phenoxy) is 2. The summed E-state index contributed by atoms with van der Waals surface area (Å²) in [4.78, 5) is 16.6. The highest BCUT2D eigenvalue weighted by atomic mass is 16.5. The summed E-state index contributed by atoms with van der Waals surface area (Å²) in [7, 11) is 3.10. The van der Waals surface area contributed by atoms with Crippen molar-refractivity contribution >= 4 is 10.9 Å². The fourth-order valence-electron chi connectivity index (χ4n) is 2.76. The second-order valence-electron chi connectivity index (χ2n) is 5.05. The van der Waals surface area contributed by atoms with E-state index in [2.05, 4.69) is 4.98 Å². The van der Waals surface area contributed by atoms with Crippen molar-refractivity contribution in [2.75, 3.05) is 14.2 Å². The van der Waals surface area contributed by atoms with Gasteiger partial charge in [0.2, 0.25) is 5.89 Å². The Kier molecular flexibility index (Phi) is 3.34. The number of fused-ring (bicyclic) bond motifs is 1. The maximum atomic E-state index is 12.1. The zero-order chi connectivity index (χ0) is 14.1. The summed E-state index contributed by atoms with van der Waals surface area (Å²) in [6, 6.07) is 3.34. The lowest BCUT2D eigenvalue weighted by molar-refractivity contribution is 0.355. The van der Waals surface area contributed by atoms with Crippen LogP contribution >= 0.6 is 0 Å². The Labute approximate surface area is 116 Å². The van der Waals surface area contributed by atoms with Gasteiger partial charge in [-0.25, -0.2) is 9.78 Å². The van der Waals surface area contributed by atoms with Crippen LogP contribution in [0, 0.1) is 0 Å². The van der Waals surface area contributed by atoms with Crippen molar-refractivity contribution in [3.63, 3.8) is 0 Å². The molecule has 0 saturated heterocycles. The van der Waals surface area contributed by atoms with Crippen LogP contribution in [-0.2, 0) is 0 Å². The third-order valence-electron chi connectivity index (χ3n) is 3.85. The van der Waals surface area contributed by atoms with E-state index in [9.17, 15) is 4.79 Å². The number of rotatable bonds is 3. The summed E-state index contributed by atoms with van der Waals surface area (Å²) < 4.78 is 15.8. The maximum Gasteiger partial charge on any atom is 0.346 e. The van der Waals surface area contributed by atoms with E-state index in [-0.39, 0.29) is 11.5 Å². The molecule has 106 valence electrons. The summed E-state index contributed by atoms with van der Waals surface area (Å²) in [5.41, 5.74) is 0.235. The minimum absolute atomic E-state index is 0.264. The molecule has 3 rings (SSSR count). The first-order chi connectivity index (χ1) is 9.72. The van der Waals surface area contributed by atoms with Crippen LogP contribution in [0.5, 0.6) is 11.5 Å². The van der Waals surface area contributed by atoms with E-state index in [0.717, 1.165) is 12.8 Å². The fourth-order valence-corrected chi connectivity index (χ4v) is 2.76.